The van der Waals surface area contributed by atoms with E-state index in [0.717, 1.165) is 11.8 Å². The molecule has 1 rings (SSSR count). The molecule has 1 heterocycles. The highest BCUT2D eigenvalue weighted by Crippen LogP contribution is 2.45. The van der Waals surface area contributed by atoms with Gasteiger partial charge in [0.2, 0.25) is 0 Å². The van der Waals surface area contributed by atoms with Gasteiger partial charge in [0, 0.05) is 4.75 Å². The molecule has 0 bridgehead atoms. The summed E-state index contributed by atoms with van der Waals surface area (Å²) < 4.78 is -0.850. The van der Waals surface area contributed by atoms with Crippen molar-refractivity contribution in [3.05, 3.63) is 4.91 Å². The minimum absolute atomic E-state index is 0.714. The smallest absolute Gasteiger partial charge is 0.329 e. The van der Waals surface area contributed by atoms with Crippen molar-refractivity contribution >= 4 is 23.7 Å². The molecule has 0 unspecified atom stereocenters. The van der Waals surface area contributed by atoms with Gasteiger partial charge >= 0.3 is 11.9 Å². The molecule has 96 valence electrons. The van der Waals surface area contributed by atoms with Crippen molar-refractivity contribution < 1.29 is 19.8 Å². The van der Waals surface area contributed by atoms with Crippen LogP contribution < -0.4 is 5.73 Å². The lowest BCUT2D eigenvalue weighted by Crippen LogP contribution is -2.50. The third kappa shape index (κ3) is 2.34. The van der Waals surface area contributed by atoms with Crippen molar-refractivity contribution in [1.82, 2.24) is 5.01 Å². The second kappa shape index (κ2) is 4.49. The van der Waals surface area contributed by atoms with E-state index >= 15 is 0 Å². The molecule has 0 radical (unpaired) electrons. The zero-order valence-corrected chi connectivity index (χ0v) is 10.0. The summed E-state index contributed by atoms with van der Waals surface area (Å²) in [5, 5.41) is 20.2. The lowest BCUT2D eigenvalue weighted by Gasteiger charge is -2.24. The van der Waals surface area contributed by atoms with Crippen molar-refractivity contribution in [2.24, 2.45) is 11.0 Å². The van der Waals surface area contributed by atoms with E-state index in [-0.39, 0.29) is 0 Å². The molecular formula is C8H13N3O5S. The predicted octanol–water partition coefficient (Wildman–Crippen LogP) is -0.314. The van der Waals surface area contributed by atoms with E-state index < -0.39 is 34.1 Å². The number of nitrogens with zero attached hydrogens (tertiary/aromatic N) is 2. The maximum Gasteiger partial charge on any atom is 0.329 e. The molecule has 8 nitrogen and oxygen atoms in total. The molecule has 0 aromatic carbocycles. The number of thioether (sulfide) groups is 1. The van der Waals surface area contributed by atoms with E-state index in [0.29, 0.717) is 5.01 Å². The minimum Gasteiger partial charge on any atom is -0.480 e. The molecule has 1 aliphatic rings. The summed E-state index contributed by atoms with van der Waals surface area (Å²) in [6.45, 7) is 3.20. The summed E-state index contributed by atoms with van der Waals surface area (Å²) in [6.07, 6.45) is 0. The first-order valence-electron chi connectivity index (χ1n) is 4.73. The third-order valence-corrected chi connectivity index (χ3v) is 4.11. The normalized spacial score (nSPS) is 28.8. The topological polar surface area (TPSA) is 133 Å². The molecule has 1 saturated heterocycles. The van der Waals surface area contributed by atoms with Gasteiger partial charge in [-0.05, 0) is 13.8 Å². The molecule has 4 N–H and O–H groups in total. The zero-order valence-electron chi connectivity index (χ0n) is 9.23. The highest BCUT2D eigenvalue weighted by atomic mass is 32.2. The lowest BCUT2D eigenvalue weighted by molar-refractivity contribution is -0.146. The van der Waals surface area contributed by atoms with E-state index in [1.54, 1.807) is 13.8 Å². The Morgan fingerprint density at radius 3 is 2.35 bits per heavy atom. The van der Waals surface area contributed by atoms with Gasteiger partial charge in [-0.15, -0.1) is 16.7 Å². The van der Waals surface area contributed by atoms with Crippen LogP contribution in [-0.4, -0.2) is 49.4 Å². The van der Waals surface area contributed by atoms with E-state index in [1.165, 1.54) is 0 Å². The molecule has 17 heavy (non-hydrogen) atoms. The minimum atomic E-state index is -1.37. The lowest BCUT2D eigenvalue weighted by atomic mass is 10.0. The van der Waals surface area contributed by atoms with Crippen molar-refractivity contribution in [2.75, 3.05) is 0 Å². The number of nitrogens with two attached hydrogens (primary N) is 1. The molecule has 0 aromatic heterocycles. The van der Waals surface area contributed by atoms with Gasteiger partial charge in [-0.2, -0.15) is 0 Å². The second-order valence-corrected chi connectivity index (χ2v) is 5.95. The highest BCUT2D eigenvalue weighted by Gasteiger charge is 2.55. The Labute approximate surface area is 101 Å². The maximum atomic E-state index is 11.1. The summed E-state index contributed by atoms with van der Waals surface area (Å²) >= 11 is 1.02. The molecule has 0 saturated carbocycles. The first-order chi connectivity index (χ1) is 7.72. The average molecular weight is 263 g/mol. The first-order valence-corrected chi connectivity index (χ1v) is 5.61. The van der Waals surface area contributed by atoms with E-state index in [2.05, 4.69) is 5.29 Å². The summed E-state index contributed by atoms with van der Waals surface area (Å²) in [4.78, 5) is 32.6. The fourth-order valence-electron chi connectivity index (χ4n) is 1.76. The number of carboxylic acid groups (broad SMARTS) is 2. The second-order valence-electron chi connectivity index (χ2n) is 4.18. The Kier molecular flexibility index (Phi) is 3.62. The number of aliphatic carboxylic acids is 2. The average Bonchev–Trinajstić information content (AvgIpc) is 2.47. The Balaban J connectivity index is 3.08. The van der Waals surface area contributed by atoms with Gasteiger partial charge in [-0.25, -0.2) is 9.80 Å². The van der Waals surface area contributed by atoms with Gasteiger partial charge < -0.3 is 15.9 Å². The standard InChI is InChI=1S/C8H13N3O5S/c1-8(2)4(7(14)15)11(10-16)5(17-8)3(9)6(12)13/h3-5H,9H2,1-2H3,(H,12,13)(H,14,15)/t3-,4-,5+/m0/s1. The van der Waals surface area contributed by atoms with Crippen LogP contribution in [-0.2, 0) is 9.59 Å². The highest BCUT2D eigenvalue weighted by molar-refractivity contribution is 8.01. The molecule has 0 aliphatic carbocycles. The third-order valence-electron chi connectivity index (χ3n) is 2.53. The fraction of sp³-hybridized carbons (Fsp3) is 0.750. The van der Waals surface area contributed by atoms with Crippen molar-refractivity contribution in [3.63, 3.8) is 0 Å². The van der Waals surface area contributed by atoms with Crippen LogP contribution in [0.5, 0.6) is 0 Å². The maximum absolute atomic E-state index is 11.1. The van der Waals surface area contributed by atoms with Crippen LogP contribution in [0.2, 0.25) is 0 Å². The summed E-state index contributed by atoms with van der Waals surface area (Å²) in [5.41, 5.74) is 5.42. The quantitative estimate of drug-likeness (QED) is 0.588. The molecule has 0 aromatic rings. The monoisotopic (exact) mass is 263 g/mol. The Morgan fingerprint density at radius 1 is 1.47 bits per heavy atom. The van der Waals surface area contributed by atoms with Gasteiger partial charge in [-0.1, -0.05) is 0 Å². The summed E-state index contributed by atoms with van der Waals surface area (Å²) in [6, 6.07) is -2.57. The molecule has 0 spiro atoms. The first kappa shape index (κ1) is 13.7. The molecular weight excluding hydrogens is 250 g/mol. The van der Waals surface area contributed by atoms with Crippen LogP contribution in [0.1, 0.15) is 13.8 Å². The number of carbonyl (C=O) groups is 2. The van der Waals surface area contributed by atoms with E-state index in [4.69, 9.17) is 15.9 Å². The Morgan fingerprint density at radius 2 is 2.00 bits per heavy atom. The van der Waals surface area contributed by atoms with Crippen LogP contribution in [0.3, 0.4) is 0 Å². The molecule has 3 atom stereocenters. The number of nitroso groups, excluding NO2 is 1. The zero-order chi connectivity index (χ0) is 13.4. The SMILES string of the molecule is CC1(C)S[C@H]([C@H](N)C(=O)O)N(N=O)[C@H]1C(=O)O. The Bertz CT molecular complexity index is 361. The van der Waals surface area contributed by atoms with Crippen LogP contribution in [0.4, 0.5) is 0 Å². The van der Waals surface area contributed by atoms with Crippen LogP contribution in [0.15, 0.2) is 5.29 Å². The van der Waals surface area contributed by atoms with Crippen LogP contribution >= 0.6 is 11.8 Å². The number of hydrogen-bond donors (Lipinski definition) is 3. The number of rotatable bonds is 4. The fourth-order valence-corrected chi connectivity index (χ4v) is 3.25. The largest absolute Gasteiger partial charge is 0.480 e. The molecule has 0 amide bonds. The van der Waals surface area contributed by atoms with Crippen LogP contribution in [0.25, 0.3) is 0 Å². The van der Waals surface area contributed by atoms with Crippen molar-refractivity contribution in [3.8, 4) is 0 Å². The van der Waals surface area contributed by atoms with E-state index in [1.807, 2.05) is 0 Å². The van der Waals surface area contributed by atoms with Gasteiger partial charge in [0.1, 0.15) is 11.4 Å². The van der Waals surface area contributed by atoms with Crippen molar-refractivity contribution in [1.29, 1.82) is 0 Å². The van der Waals surface area contributed by atoms with Gasteiger partial charge in [0.15, 0.2) is 6.04 Å². The Hall–Kier alpha value is -1.35. The van der Waals surface area contributed by atoms with Crippen molar-refractivity contribution in [2.45, 2.75) is 36.1 Å². The van der Waals surface area contributed by atoms with Gasteiger partial charge in [0.05, 0.1) is 5.29 Å². The number of hydrogen-bond acceptors (Lipinski definition) is 6. The summed E-state index contributed by atoms with van der Waals surface area (Å²) in [5.74, 6) is -2.54. The molecule has 1 fully saturated rings. The van der Waals surface area contributed by atoms with Gasteiger partial charge in [0.25, 0.3) is 0 Å². The van der Waals surface area contributed by atoms with Gasteiger partial charge in [-0.3, -0.25) is 4.79 Å². The van der Waals surface area contributed by atoms with E-state index in [9.17, 15) is 14.5 Å². The summed E-state index contributed by atoms with van der Waals surface area (Å²) in [7, 11) is 0. The number of carboxylic acids is 2. The molecule has 9 heteroatoms. The predicted molar refractivity (Wildman–Crippen MR) is 60.1 cm³/mol. The molecule has 1 aliphatic heterocycles. The van der Waals surface area contributed by atoms with Crippen LogP contribution in [0, 0.1) is 4.91 Å².